The largest absolute Gasteiger partial charge is 0.467 e. The Bertz CT molecular complexity index is 679. The van der Waals surface area contributed by atoms with Gasteiger partial charge >= 0.3 is 0 Å². The second kappa shape index (κ2) is 6.55. The first-order chi connectivity index (χ1) is 10.4. The second-order valence-corrected chi connectivity index (χ2v) is 5.62. The van der Waals surface area contributed by atoms with Crippen molar-refractivity contribution in [1.29, 1.82) is 0 Å². The van der Waals surface area contributed by atoms with E-state index in [0.29, 0.717) is 0 Å². The predicted octanol–water partition coefficient (Wildman–Crippen LogP) is 5.20. The number of hydrogen-bond acceptors (Lipinski definition) is 3. The van der Waals surface area contributed by atoms with Crippen molar-refractivity contribution in [2.24, 2.45) is 0 Å². The first-order valence-electron chi connectivity index (χ1n) is 6.86. The highest BCUT2D eigenvalue weighted by Gasteiger charge is 2.16. The molecule has 0 fully saturated rings. The van der Waals surface area contributed by atoms with Crippen LogP contribution in [-0.4, -0.2) is 6.26 Å². The molecule has 3 rings (SSSR count). The van der Waals surface area contributed by atoms with Gasteiger partial charge in [-0.15, -0.1) is 11.8 Å². The second-order valence-electron chi connectivity index (χ2n) is 4.74. The van der Waals surface area contributed by atoms with Crippen molar-refractivity contribution in [3.8, 4) is 0 Å². The number of benzene rings is 2. The topological polar surface area (TPSA) is 25.2 Å². The Labute approximate surface area is 129 Å². The summed E-state index contributed by atoms with van der Waals surface area (Å²) in [6.07, 6.45) is 3.80. The van der Waals surface area contributed by atoms with E-state index >= 15 is 0 Å². The van der Waals surface area contributed by atoms with Crippen LogP contribution in [0.25, 0.3) is 0 Å². The number of thioether (sulfide) groups is 1. The summed E-state index contributed by atoms with van der Waals surface area (Å²) in [4.78, 5) is 1.24. The standard InChI is InChI=1S/C18H17NOS/c1-21-16-10-5-9-15(13-16)19-18(17-11-6-12-20-17)14-7-3-2-4-8-14/h2-13,18-19H,1H3. The Balaban J connectivity index is 1.93. The quantitative estimate of drug-likeness (QED) is 0.655. The highest BCUT2D eigenvalue weighted by Crippen LogP contribution is 2.28. The van der Waals surface area contributed by atoms with E-state index in [-0.39, 0.29) is 6.04 Å². The van der Waals surface area contributed by atoms with Crippen LogP contribution in [0.3, 0.4) is 0 Å². The van der Waals surface area contributed by atoms with Gasteiger partial charge in [0, 0.05) is 10.6 Å². The van der Waals surface area contributed by atoms with E-state index in [9.17, 15) is 0 Å². The molecule has 21 heavy (non-hydrogen) atoms. The smallest absolute Gasteiger partial charge is 0.130 e. The Kier molecular flexibility index (Phi) is 4.31. The van der Waals surface area contributed by atoms with Crippen LogP contribution in [0.1, 0.15) is 17.4 Å². The third kappa shape index (κ3) is 3.31. The molecule has 106 valence electrons. The summed E-state index contributed by atoms with van der Waals surface area (Å²) in [5.74, 6) is 0.913. The third-order valence-electron chi connectivity index (χ3n) is 3.34. The lowest BCUT2D eigenvalue weighted by Gasteiger charge is -2.19. The fraction of sp³-hybridized carbons (Fsp3) is 0.111. The van der Waals surface area contributed by atoms with Crippen LogP contribution in [0.4, 0.5) is 5.69 Å². The maximum atomic E-state index is 5.61. The van der Waals surface area contributed by atoms with Gasteiger partial charge in [0.1, 0.15) is 11.8 Å². The average Bonchev–Trinajstić information content (AvgIpc) is 3.08. The molecule has 1 atom stereocenters. The Hall–Kier alpha value is -2.13. The fourth-order valence-electron chi connectivity index (χ4n) is 2.30. The lowest BCUT2D eigenvalue weighted by molar-refractivity contribution is 0.499. The molecule has 1 N–H and O–H groups in total. The molecular weight excluding hydrogens is 278 g/mol. The molecular formula is C18H17NOS. The molecule has 0 aliphatic carbocycles. The van der Waals surface area contributed by atoms with Crippen LogP contribution >= 0.6 is 11.8 Å². The van der Waals surface area contributed by atoms with E-state index in [4.69, 9.17) is 4.42 Å². The zero-order chi connectivity index (χ0) is 14.5. The molecule has 0 saturated carbocycles. The summed E-state index contributed by atoms with van der Waals surface area (Å²) in [5.41, 5.74) is 2.27. The summed E-state index contributed by atoms with van der Waals surface area (Å²) in [6, 6.07) is 22.7. The Morgan fingerprint density at radius 1 is 0.952 bits per heavy atom. The normalized spacial score (nSPS) is 12.0. The van der Waals surface area contributed by atoms with Crippen LogP contribution in [0.5, 0.6) is 0 Å². The van der Waals surface area contributed by atoms with Crippen molar-refractivity contribution < 1.29 is 4.42 Å². The average molecular weight is 295 g/mol. The molecule has 1 unspecified atom stereocenters. The minimum absolute atomic E-state index is 0.0123. The van der Waals surface area contributed by atoms with Crippen molar-refractivity contribution in [2.45, 2.75) is 10.9 Å². The lowest BCUT2D eigenvalue weighted by atomic mass is 10.0. The van der Waals surface area contributed by atoms with Gasteiger partial charge in [-0.2, -0.15) is 0 Å². The van der Waals surface area contributed by atoms with Gasteiger partial charge in [-0.05, 0) is 42.2 Å². The van der Waals surface area contributed by atoms with Gasteiger partial charge in [0.25, 0.3) is 0 Å². The first kappa shape index (κ1) is 13.8. The predicted molar refractivity (Wildman–Crippen MR) is 88.8 cm³/mol. The zero-order valence-corrected chi connectivity index (χ0v) is 12.6. The lowest BCUT2D eigenvalue weighted by Crippen LogP contribution is -2.11. The Morgan fingerprint density at radius 2 is 1.81 bits per heavy atom. The summed E-state index contributed by atoms with van der Waals surface area (Å²) < 4.78 is 5.61. The zero-order valence-electron chi connectivity index (χ0n) is 11.8. The maximum Gasteiger partial charge on any atom is 0.130 e. The molecule has 1 aromatic heterocycles. The van der Waals surface area contributed by atoms with Crippen LogP contribution in [-0.2, 0) is 0 Å². The number of hydrogen-bond donors (Lipinski definition) is 1. The van der Waals surface area contributed by atoms with Crippen LogP contribution in [0, 0.1) is 0 Å². The molecule has 0 spiro atoms. The van der Waals surface area contributed by atoms with Crippen LogP contribution in [0.15, 0.2) is 82.3 Å². The van der Waals surface area contributed by atoms with E-state index in [1.165, 1.54) is 10.5 Å². The minimum atomic E-state index is 0.0123. The fourth-order valence-corrected chi connectivity index (χ4v) is 2.76. The van der Waals surface area contributed by atoms with Gasteiger partial charge in [0.15, 0.2) is 0 Å². The molecule has 1 heterocycles. The molecule has 3 heteroatoms. The van der Waals surface area contributed by atoms with Crippen molar-refractivity contribution in [1.82, 2.24) is 0 Å². The molecule has 0 radical (unpaired) electrons. The van der Waals surface area contributed by atoms with Crippen molar-refractivity contribution >= 4 is 17.4 Å². The van der Waals surface area contributed by atoms with E-state index in [0.717, 1.165) is 11.4 Å². The SMILES string of the molecule is CSc1cccc(NC(c2ccccc2)c2ccco2)c1. The summed E-state index contributed by atoms with van der Waals surface area (Å²) >= 11 is 1.74. The Morgan fingerprint density at radius 3 is 2.52 bits per heavy atom. The molecule has 0 aliphatic rings. The summed E-state index contributed by atoms with van der Waals surface area (Å²) in [5, 5.41) is 3.57. The monoisotopic (exact) mass is 295 g/mol. The van der Waals surface area contributed by atoms with Gasteiger partial charge in [-0.3, -0.25) is 0 Å². The summed E-state index contributed by atoms with van der Waals surface area (Å²) in [7, 11) is 0. The van der Waals surface area contributed by atoms with Crippen LogP contribution in [0.2, 0.25) is 0 Å². The third-order valence-corrected chi connectivity index (χ3v) is 4.07. The maximum absolute atomic E-state index is 5.61. The molecule has 0 aliphatic heterocycles. The van der Waals surface area contributed by atoms with Crippen molar-refractivity contribution in [2.75, 3.05) is 11.6 Å². The molecule has 0 bridgehead atoms. The number of anilines is 1. The number of furan rings is 1. The summed E-state index contributed by atoms with van der Waals surface area (Å²) in [6.45, 7) is 0. The van der Waals surface area contributed by atoms with Gasteiger partial charge in [-0.25, -0.2) is 0 Å². The first-order valence-corrected chi connectivity index (χ1v) is 8.08. The van der Waals surface area contributed by atoms with E-state index in [1.807, 2.05) is 30.3 Å². The number of nitrogens with one attached hydrogen (secondary N) is 1. The minimum Gasteiger partial charge on any atom is -0.467 e. The number of rotatable bonds is 5. The molecule has 2 nitrogen and oxygen atoms in total. The van der Waals surface area contributed by atoms with E-state index in [1.54, 1.807) is 18.0 Å². The van der Waals surface area contributed by atoms with Crippen molar-refractivity contribution in [3.63, 3.8) is 0 Å². The highest BCUT2D eigenvalue weighted by atomic mass is 32.2. The van der Waals surface area contributed by atoms with Gasteiger partial charge in [0.2, 0.25) is 0 Å². The molecule has 0 amide bonds. The van der Waals surface area contributed by atoms with E-state index < -0.39 is 0 Å². The molecule has 2 aromatic carbocycles. The van der Waals surface area contributed by atoms with E-state index in [2.05, 4.69) is 48.0 Å². The molecule has 0 saturated heterocycles. The van der Waals surface area contributed by atoms with Crippen molar-refractivity contribution in [3.05, 3.63) is 84.3 Å². The van der Waals surface area contributed by atoms with Gasteiger partial charge in [-0.1, -0.05) is 36.4 Å². The van der Waals surface area contributed by atoms with Gasteiger partial charge in [0.05, 0.1) is 6.26 Å². The van der Waals surface area contributed by atoms with Gasteiger partial charge < -0.3 is 9.73 Å². The van der Waals surface area contributed by atoms with Crippen LogP contribution < -0.4 is 5.32 Å². The molecule has 3 aromatic rings. The highest BCUT2D eigenvalue weighted by molar-refractivity contribution is 7.98.